The number of hydrogen-bond donors (Lipinski definition) is 2. The van der Waals surface area contributed by atoms with Crippen LogP contribution in [-0.4, -0.2) is 46.7 Å². The van der Waals surface area contributed by atoms with Gasteiger partial charge in [0.05, 0.1) is 18.8 Å². The molecule has 1 unspecified atom stereocenters. The van der Waals surface area contributed by atoms with Gasteiger partial charge in [-0.15, -0.1) is 0 Å². The molecule has 1 aromatic heterocycles. The summed E-state index contributed by atoms with van der Waals surface area (Å²) in [7, 11) is -3.68. The van der Waals surface area contributed by atoms with E-state index in [1.807, 2.05) is 0 Å². The van der Waals surface area contributed by atoms with Crippen LogP contribution < -0.4 is 21.0 Å². The third kappa shape index (κ3) is 7.13. The monoisotopic (exact) mass is 480 g/mol. The van der Waals surface area contributed by atoms with Gasteiger partial charge in [0.2, 0.25) is 0 Å². The number of anilines is 1. The molecule has 3 N–H and O–H groups in total. The molecule has 0 amide bonds. The standard InChI is InChI=1S/C21H29N4O7P/c1-14(2)31-20(26)15(3)24-33(28,32-16-7-5-4-6-8-16)13-30-17-11-19(29-12-17)25-10-9-18(22)23-21(25)27/h4-10,14-15,17,19H,11-13H2,1-3H3,(H,24,28)(H2,22,23,27)/t15-,17+,19+,33?/m0/s1. The molecule has 1 aliphatic heterocycles. The van der Waals surface area contributed by atoms with Gasteiger partial charge in [0.15, 0.2) is 0 Å². The van der Waals surface area contributed by atoms with Gasteiger partial charge in [-0.25, -0.2) is 9.88 Å². The van der Waals surface area contributed by atoms with Gasteiger partial charge in [0.25, 0.3) is 0 Å². The lowest BCUT2D eigenvalue weighted by atomic mass is 10.3. The molecule has 2 heterocycles. The summed E-state index contributed by atoms with van der Waals surface area (Å²) in [5.41, 5.74) is 5.00. The zero-order valence-corrected chi connectivity index (χ0v) is 19.6. The van der Waals surface area contributed by atoms with Crippen molar-refractivity contribution in [3.63, 3.8) is 0 Å². The molecule has 180 valence electrons. The molecule has 0 bridgehead atoms. The predicted octanol–water partition coefficient (Wildman–Crippen LogP) is 2.29. The van der Waals surface area contributed by atoms with Crippen LogP contribution in [0.5, 0.6) is 5.75 Å². The van der Waals surface area contributed by atoms with Crippen LogP contribution in [0.4, 0.5) is 5.82 Å². The average molecular weight is 480 g/mol. The lowest BCUT2D eigenvalue weighted by Gasteiger charge is -2.25. The van der Waals surface area contributed by atoms with E-state index in [4.69, 9.17) is 24.5 Å². The first kappa shape index (κ1) is 24.9. The Labute approximate surface area is 191 Å². The molecule has 1 saturated heterocycles. The minimum atomic E-state index is -3.68. The quantitative estimate of drug-likeness (QED) is 0.384. The van der Waals surface area contributed by atoms with Crippen LogP contribution in [0.3, 0.4) is 0 Å². The van der Waals surface area contributed by atoms with Crippen molar-refractivity contribution in [3.05, 3.63) is 53.1 Å². The maximum Gasteiger partial charge on any atom is 0.351 e. The Morgan fingerprint density at radius 3 is 2.70 bits per heavy atom. The van der Waals surface area contributed by atoms with Crippen molar-refractivity contribution in [3.8, 4) is 5.75 Å². The highest BCUT2D eigenvalue weighted by molar-refractivity contribution is 7.57. The molecule has 2 aromatic rings. The predicted molar refractivity (Wildman–Crippen MR) is 121 cm³/mol. The van der Waals surface area contributed by atoms with Gasteiger partial charge in [-0.2, -0.15) is 4.98 Å². The minimum Gasteiger partial charge on any atom is -0.462 e. The Hall–Kier alpha value is -2.72. The van der Waals surface area contributed by atoms with E-state index in [-0.39, 0.29) is 24.9 Å². The molecule has 1 aromatic carbocycles. The zero-order valence-electron chi connectivity index (χ0n) is 18.7. The first-order valence-corrected chi connectivity index (χ1v) is 12.4. The smallest absolute Gasteiger partial charge is 0.351 e. The summed E-state index contributed by atoms with van der Waals surface area (Å²) in [6.07, 6.45) is 0.166. The second-order valence-electron chi connectivity index (χ2n) is 7.90. The summed E-state index contributed by atoms with van der Waals surface area (Å²) in [5, 5.41) is 2.74. The number of para-hydroxylation sites is 1. The topological polar surface area (TPSA) is 144 Å². The molecule has 11 nitrogen and oxygen atoms in total. The van der Waals surface area contributed by atoms with Crippen LogP contribution in [0.2, 0.25) is 0 Å². The Morgan fingerprint density at radius 1 is 1.30 bits per heavy atom. The fraction of sp³-hybridized carbons (Fsp3) is 0.476. The number of nitrogen functional groups attached to an aromatic ring is 1. The second kappa shape index (κ2) is 10.9. The van der Waals surface area contributed by atoms with E-state index in [0.29, 0.717) is 12.2 Å². The third-order valence-corrected chi connectivity index (χ3v) is 6.45. The number of nitrogens with zero attached hydrogens (tertiary/aromatic N) is 2. The maximum absolute atomic E-state index is 13.6. The average Bonchev–Trinajstić information content (AvgIpc) is 3.21. The van der Waals surface area contributed by atoms with Crippen molar-refractivity contribution >= 4 is 19.3 Å². The molecule has 3 rings (SSSR count). The Morgan fingerprint density at radius 2 is 2.03 bits per heavy atom. The molecule has 12 heteroatoms. The SMILES string of the molecule is CC(C)OC(=O)[C@H](C)NP(=O)(CO[C@H]1CO[C@@H](n2ccc(N)nc2=O)C1)Oc1ccccc1. The van der Waals surface area contributed by atoms with Crippen LogP contribution in [0.25, 0.3) is 0 Å². The summed E-state index contributed by atoms with van der Waals surface area (Å²) >= 11 is 0. The zero-order chi connectivity index (χ0) is 24.0. The highest BCUT2D eigenvalue weighted by atomic mass is 31.2. The minimum absolute atomic E-state index is 0.122. The van der Waals surface area contributed by atoms with Crippen LogP contribution in [0.1, 0.15) is 33.4 Å². The van der Waals surface area contributed by atoms with Crippen molar-refractivity contribution in [2.75, 3.05) is 18.7 Å². The Bertz CT molecular complexity index is 1050. The lowest BCUT2D eigenvalue weighted by molar-refractivity contribution is -0.149. The summed E-state index contributed by atoms with van der Waals surface area (Å²) in [6, 6.07) is 9.20. The number of hydrogen-bond acceptors (Lipinski definition) is 9. The Kier molecular flexibility index (Phi) is 8.25. The third-order valence-electron chi connectivity index (χ3n) is 4.67. The molecule has 33 heavy (non-hydrogen) atoms. The van der Waals surface area contributed by atoms with Crippen LogP contribution in [0, 0.1) is 0 Å². The number of rotatable bonds is 10. The number of esters is 1. The van der Waals surface area contributed by atoms with Gasteiger partial charge in [-0.05, 0) is 39.0 Å². The highest BCUT2D eigenvalue weighted by Crippen LogP contribution is 2.44. The van der Waals surface area contributed by atoms with Crippen LogP contribution in [-0.2, 0) is 23.6 Å². The summed E-state index contributed by atoms with van der Waals surface area (Å²) in [4.78, 5) is 28.0. The van der Waals surface area contributed by atoms with E-state index in [2.05, 4.69) is 10.1 Å². The molecular weight excluding hydrogens is 451 g/mol. The number of nitrogens with one attached hydrogen (secondary N) is 1. The summed E-state index contributed by atoms with van der Waals surface area (Å²) in [6.45, 7) is 5.18. The number of carbonyl (C=O) groups is 1. The van der Waals surface area contributed by atoms with Gasteiger partial charge >= 0.3 is 19.2 Å². The van der Waals surface area contributed by atoms with Crippen molar-refractivity contribution in [2.24, 2.45) is 0 Å². The number of aromatic nitrogens is 2. The molecule has 0 spiro atoms. The van der Waals surface area contributed by atoms with Crippen molar-refractivity contribution < 1.29 is 28.1 Å². The van der Waals surface area contributed by atoms with E-state index in [0.717, 1.165) is 0 Å². The molecule has 0 saturated carbocycles. The Balaban J connectivity index is 1.66. The number of ether oxygens (including phenoxy) is 3. The fourth-order valence-electron chi connectivity index (χ4n) is 3.16. The van der Waals surface area contributed by atoms with E-state index in [1.54, 1.807) is 51.1 Å². The summed E-state index contributed by atoms with van der Waals surface area (Å²) < 4.78 is 37.3. The van der Waals surface area contributed by atoms with Gasteiger partial charge < -0.3 is 24.5 Å². The van der Waals surface area contributed by atoms with Gasteiger partial charge in [-0.1, -0.05) is 18.2 Å². The van der Waals surface area contributed by atoms with E-state index in [9.17, 15) is 14.2 Å². The number of nitrogens with two attached hydrogens (primary N) is 1. The van der Waals surface area contributed by atoms with Crippen LogP contribution in [0.15, 0.2) is 47.4 Å². The van der Waals surface area contributed by atoms with E-state index < -0.39 is 37.6 Å². The van der Waals surface area contributed by atoms with Crippen molar-refractivity contribution in [1.29, 1.82) is 0 Å². The van der Waals surface area contributed by atoms with Gasteiger partial charge in [0, 0.05) is 12.6 Å². The summed E-state index contributed by atoms with van der Waals surface area (Å²) in [5.74, 6) is -0.0694. The number of benzene rings is 1. The molecular formula is C21H29N4O7P. The lowest BCUT2D eigenvalue weighted by Crippen LogP contribution is -2.37. The van der Waals surface area contributed by atoms with Crippen molar-refractivity contribution in [2.45, 2.75) is 51.7 Å². The molecule has 0 radical (unpaired) electrons. The highest BCUT2D eigenvalue weighted by Gasteiger charge is 2.35. The van der Waals surface area contributed by atoms with Gasteiger partial charge in [-0.3, -0.25) is 13.9 Å². The first-order valence-electron chi connectivity index (χ1n) is 10.5. The normalized spacial score (nSPS) is 20.8. The van der Waals surface area contributed by atoms with E-state index >= 15 is 0 Å². The van der Waals surface area contributed by atoms with E-state index in [1.165, 1.54) is 16.8 Å². The molecule has 1 aliphatic rings. The van der Waals surface area contributed by atoms with Crippen LogP contribution >= 0.6 is 7.52 Å². The van der Waals surface area contributed by atoms with Crippen molar-refractivity contribution in [1.82, 2.24) is 14.6 Å². The first-order chi connectivity index (χ1) is 15.6. The number of carbonyl (C=O) groups excluding carboxylic acids is 1. The maximum atomic E-state index is 13.6. The molecule has 0 aliphatic carbocycles. The molecule has 4 atom stereocenters. The van der Waals surface area contributed by atoms with Gasteiger partial charge in [0.1, 0.15) is 30.2 Å². The largest absolute Gasteiger partial charge is 0.462 e. The second-order valence-corrected chi connectivity index (χ2v) is 9.94. The molecule has 1 fully saturated rings. The fourth-order valence-corrected chi connectivity index (χ4v) is 4.91.